The number of Topliss-reactive ketones (excluding diaryl/α,β-unsaturated/α-hetero) is 2. The molecule has 2 rings (SSSR count). The summed E-state index contributed by atoms with van der Waals surface area (Å²) in [5.41, 5.74) is 1.76. The van der Waals surface area contributed by atoms with E-state index in [9.17, 15) is 9.59 Å². The lowest BCUT2D eigenvalue weighted by Crippen LogP contribution is -2.26. The Morgan fingerprint density at radius 3 is 1.82 bits per heavy atom. The van der Waals surface area contributed by atoms with Crippen molar-refractivity contribution in [2.75, 3.05) is 0 Å². The number of ketones is 2. The predicted molar refractivity (Wildman–Crippen MR) is 87.4 cm³/mol. The Morgan fingerprint density at radius 1 is 0.818 bits per heavy atom. The van der Waals surface area contributed by atoms with Crippen LogP contribution < -0.4 is 0 Å². The number of hydrogen-bond donors (Lipinski definition) is 0. The lowest BCUT2D eigenvalue weighted by atomic mass is 9.81. The third kappa shape index (κ3) is 3.93. The Balaban J connectivity index is 2.45. The van der Waals surface area contributed by atoms with Crippen molar-refractivity contribution in [1.82, 2.24) is 0 Å². The third-order valence-corrected chi connectivity index (χ3v) is 3.51. The van der Waals surface area contributed by atoms with Gasteiger partial charge < -0.3 is 0 Å². The van der Waals surface area contributed by atoms with Crippen LogP contribution in [0.25, 0.3) is 0 Å². The van der Waals surface area contributed by atoms with Gasteiger partial charge in [0.15, 0.2) is 0 Å². The van der Waals surface area contributed by atoms with E-state index in [-0.39, 0.29) is 11.6 Å². The highest BCUT2D eigenvalue weighted by Crippen LogP contribution is 2.26. The van der Waals surface area contributed by atoms with Gasteiger partial charge in [-0.2, -0.15) is 0 Å². The minimum Gasteiger partial charge on any atom is -0.299 e. The molecule has 0 aliphatic rings. The molecule has 0 aliphatic carbocycles. The molecule has 0 radical (unpaired) electrons. The smallest absolute Gasteiger partial charge is 0.141 e. The second kappa shape index (κ2) is 7.38. The molecule has 0 aliphatic heterocycles. The first-order valence-electron chi connectivity index (χ1n) is 7.22. The summed E-state index contributed by atoms with van der Waals surface area (Å²) in [7, 11) is 0. The van der Waals surface area contributed by atoms with E-state index < -0.39 is 11.8 Å². The zero-order valence-corrected chi connectivity index (χ0v) is 12.7. The normalized spacial score (nSPS) is 11.4. The van der Waals surface area contributed by atoms with E-state index in [1.807, 2.05) is 60.7 Å². The van der Waals surface area contributed by atoms with Gasteiger partial charge in [0.05, 0.1) is 11.8 Å². The van der Waals surface area contributed by atoms with Crippen molar-refractivity contribution < 1.29 is 9.59 Å². The molecular weight excluding hydrogens is 272 g/mol. The molecular formula is C20H18O2. The molecule has 0 fully saturated rings. The molecule has 2 heteroatoms. The molecule has 0 N–H and O–H groups in total. The van der Waals surface area contributed by atoms with Crippen molar-refractivity contribution in [2.24, 2.45) is 5.92 Å². The van der Waals surface area contributed by atoms with E-state index in [0.717, 1.165) is 11.1 Å². The van der Waals surface area contributed by atoms with Crippen LogP contribution in [0.5, 0.6) is 0 Å². The molecule has 22 heavy (non-hydrogen) atoms. The van der Waals surface area contributed by atoms with Crippen molar-refractivity contribution in [3.63, 3.8) is 0 Å². The number of carbonyl (C=O) groups is 2. The molecule has 0 saturated heterocycles. The largest absolute Gasteiger partial charge is 0.299 e. The van der Waals surface area contributed by atoms with Crippen LogP contribution in [-0.4, -0.2) is 11.6 Å². The minimum absolute atomic E-state index is 0.149. The average molecular weight is 290 g/mol. The Morgan fingerprint density at radius 2 is 1.32 bits per heavy atom. The zero-order chi connectivity index (χ0) is 15.9. The second-order valence-electron chi connectivity index (χ2n) is 5.22. The molecule has 0 spiro atoms. The summed E-state index contributed by atoms with van der Waals surface area (Å²) < 4.78 is 0. The standard InChI is InChI=1S/C20H18O2/c1-15(21)20(16(2)22)19(18-11-7-4-8-12-18)14-13-17-9-5-3-6-10-17/h3-12,19-20H,1-2H3/t19-/m0/s1. The van der Waals surface area contributed by atoms with Gasteiger partial charge in [-0.25, -0.2) is 0 Å². The molecule has 0 unspecified atom stereocenters. The van der Waals surface area contributed by atoms with Crippen LogP contribution in [-0.2, 0) is 9.59 Å². The summed E-state index contributed by atoms with van der Waals surface area (Å²) in [4.78, 5) is 23.8. The highest BCUT2D eigenvalue weighted by Gasteiger charge is 2.29. The fourth-order valence-electron chi connectivity index (χ4n) is 2.46. The van der Waals surface area contributed by atoms with Crippen LogP contribution in [0, 0.1) is 17.8 Å². The van der Waals surface area contributed by atoms with Gasteiger partial charge in [-0.3, -0.25) is 9.59 Å². The molecule has 0 saturated carbocycles. The van der Waals surface area contributed by atoms with E-state index in [1.165, 1.54) is 13.8 Å². The molecule has 2 aromatic rings. The molecule has 2 aromatic carbocycles. The van der Waals surface area contributed by atoms with Gasteiger partial charge in [-0.05, 0) is 31.5 Å². The molecule has 2 nitrogen and oxygen atoms in total. The van der Waals surface area contributed by atoms with Crippen LogP contribution in [0.15, 0.2) is 60.7 Å². The molecule has 110 valence electrons. The van der Waals surface area contributed by atoms with Crippen LogP contribution in [0.1, 0.15) is 30.9 Å². The van der Waals surface area contributed by atoms with Crippen molar-refractivity contribution >= 4 is 11.6 Å². The Kier molecular flexibility index (Phi) is 5.27. The van der Waals surface area contributed by atoms with E-state index in [1.54, 1.807) is 0 Å². The third-order valence-electron chi connectivity index (χ3n) is 3.51. The summed E-state index contributed by atoms with van der Waals surface area (Å²) >= 11 is 0. The number of benzene rings is 2. The maximum Gasteiger partial charge on any atom is 0.141 e. The van der Waals surface area contributed by atoms with Gasteiger partial charge in [0.25, 0.3) is 0 Å². The molecule has 0 bridgehead atoms. The maximum atomic E-state index is 11.9. The van der Waals surface area contributed by atoms with Crippen LogP contribution >= 0.6 is 0 Å². The number of rotatable bonds is 4. The highest BCUT2D eigenvalue weighted by molar-refractivity contribution is 6.01. The second-order valence-corrected chi connectivity index (χ2v) is 5.22. The van der Waals surface area contributed by atoms with Crippen molar-refractivity contribution in [3.05, 3.63) is 71.8 Å². The first-order chi connectivity index (χ1) is 10.6. The number of hydrogen-bond acceptors (Lipinski definition) is 2. The quantitative estimate of drug-likeness (QED) is 0.636. The van der Waals surface area contributed by atoms with Crippen molar-refractivity contribution in [2.45, 2.75) is 19.8 Å². The number of carbonyl (C=O) groups excluding carboxylic acids is 2. The van der Waals surface area contributed by atoms with E-state index in [2.05, 4.69) is 11.8 Å². The van der Waals surface area contributed by atoms with Gasteiger partial charge in [0.2, 0.25) is 0 Å². The predicted octanol–water partition coefficient (Wildman–Crippen LogP) is 3.62. The SMILES string of the molecule is CC(=O)C(C(C)=O)[C@@H](C#Cc1ccccc1)c1ccccc1. The minimum atomic E-state index is -0.724. The van der Waals surface area contributed by atoms with E-state index >= 15 is 0 Å². The molecule has 0 aromatic heterocycles. The van der Waals surface area contributed by atoms with Crippen LogP contribution in [0.4, 0.5) is 0 Å². The van der Waals surface area contributed by atoms with E-state index in [0.29, 0.717) is 0 Å². The van der Waals surface area contributed by atoms with Gasteiger partial charge in [0, 0.05) is 5.56 Å². The molecule has 1 atom stereocenters. The van der Waals surface area contributed by atoms with Gasteiger partial charge in [-0.15, -0.1) is 0 Å². The first kappa shape index (κ1) is 15.7. The van der Waals surface area contributed by atoms with Gasteiger partial charge >= 0.3 is 0 Å². The Hall–Kier alpha value is -2.66. The fourth-order valence-corrected chi connectivity index (χ4v) is 2.46. The maximum absolute atomic E-state index is 11.9. The van der Waals surface area contributed by atoms with Crippen LogP contribution in [0.3, 0.4) is 0 Å². The fraction of sp³-hybridized carbons (Fsp3) is 0.200. The summed E-state index contributed by atoms with van der Waals surface area (Å²) in [6.45, 7) is 2.90. The van der Waals surface area contributed by atoms with Crippen LogP contribution in [0.2, 0.25) is 0 Å². The highest BCUT2D eigenvalue weighted by atomic mass is 16.1. The Labute approximate surface area is 131 Å². The van der Waals surface area contributed by atoms with E-state index in [4.69, 9.17) is 0 Å². The van der Waals surface area contributed by atoms with Gasteiger partial charge in [0.1, 0.15) is 11.6 Å². The molecule has 0 amide bonds. The lowest BCUT2D eigenvalue weighted by Gasteiger charge is -2.18. The zero-order valence-electron chi connectivity index (χ0n) is 12.7. The lowest BCUT2D eigenvalue weighted by molar-refractivity contribution is -0.130. The summed E-state index contributed by atoms with van der Waals surface area (Å²) in [6, 6.07) is 19.1. The van der Waals surface area contributed by atoms with Crippen molar-refractivity contribution in [3.8, 4) is 11.8 Å². The average Bonchev–Trinajstić information content (AvgIpc) is 2.52. The monoisotopic (exact) mass is 290 g/mol. The van der Waals surface area contributed by atoms with Gasteiger partial charge in [-0.1, -0.05) is 60.4 Å². The van der Waals surface area contributed by atoms with Crippen molar-refractivity contribution in [1.29, 1.82) is 0 Å². The first-order valence-corrected chi connectivity index (χ1v) is 7.22. The Bertz CT molecular complexity index is 692. The summed E-state index contributed by atoms with van der Waals surface area (Å²) in [5, 5.41) is 0. The summed E-state index contributed by atoms with van der Waals surface area (Å²) in [6.07, 6.45) is 0. The topological polar surface area (TPSA) is 34.1 Å². The molecule has 0 heterocycles. The summed E-state index contributed by atoms with van der Waals surface area (Å²) in [5.74, 6) is 4.76.